The summed E-state index contributed by atoms with van der Waals surface area (Å²) in [6.07, 6.45) is 1.85. The van der Waals surface area contributed by atoms with Crippen molar-refractivity contribution in [3.05, 3.63) is 42.1 Å². The van der Waals surface area contributed by atoms with Crippen LogP contribution in [0.5, 0.6) is 0 Å². The largest absolute Gasteiger partial charge is 0.329 e. The van der Waals surface area contributed by atoms with E-state index in [9.17, 15) is 0 Å². The first-order chi connectivity index (χ1) is 9.42. The summed E-state index contributed by atoms with van der Waals surface area (Å²) in [4.78, 5) is 6.88. The molecule has 2 rings (SSSR count). The fraction of sp³-hybridized carbons (Fsp3) is 0.471. The molecule has 1 unspecified atom stereocenters. The second-order valence-electron chi connectivity index (χ2n) is 6.65. The van der Waals surface area contributed by atoms with Gasteiger partial charge in [-0.05, 0) is 24.1 Å². The van der Waals surface area contributed by atoms with Crippen molar-refractivity contribution in [3.63, 3.8) is 0 Å². The first kappa shape index (κ1) is 14.9. The number of pyridine rings is 1. The zero-order valence-corrected chi connectivity index (χ0v) is 12.9. The number of likely N-dealkylation sites (N-methyl/N-ethyl adjacent to an activating group) is 1. The molecule has 0 aliphatic rings. The van der Waals surface area contributed by atoms with E-state index in [0.29, 0.717) is 6.54 Å². The molecule has 20 heavy (non-hydrogen) atoms. The lowest BCUT2D eigenvalue weighted by Crippen LogP contribution is -2.36. The maximum absolute atomic E-state index is 6.05. The minimum absolute atomic E-state index is 0.202. The van der Waals surface area contributed by atoms with Crippen molar-refractivity contribution in [3.8, 4) is 0 Å². The fourth-order valence-corrected chi connectivity index (χ4v) is 2.80. The van der Waals surface area contributed by atoms with Crippen molar-refractivity contribution in [1.29, 1.82) is 0 Å². The minimum Gasteiger partial charge on any atom is -0.329 e. The van der Waals surface area contributed by atoms with Crippen LogP contribution in [0.3, 0.4) is 0 Å². The maximum atomic E-state index is 6.05. The number of hydrogen-bond acceptors (Lipinski definition) is 3. The number of fused-ring (bicyclic) bond motifs is 1. The molecule has 2 aromatic rings. The Hall–Kier alpha value is -1.45. The topological polar surface area (TPSA) is 42.1 Å². The summed E-state index contributed by atoms with van der Waals surface area (Å²) in [6.45, 7) is 8.34. The molecular weight excluding hydrogens is 246 g/mol. The van der Waals surface area contributed by atoms with Crippen molar-refractivity contribution in [2.75, 3.05) is 20.1 Å². The van der Waals surface area contributed by atoms with Gasteiger partial charge in [-0.3, -0.25) is 9.88 Å². The molecule has 0 spiro atoms. The summed E-state index contributed by atoms with van der Waals surface area (Å²) in [5, 5.41) is 1.17. The molecule has 3 heteroatoms. The quantitative estimate of drug-likeness (QED) is 0.928. The lowest BCUT2D eigenvalue weighted by Gasteiger charge is -2.33. The molecule has 1 aromatic carbocycles. The van der Waals surface area contributed by atoms with E-state index in [1.807, 2.05) is 12.3 Å². The van der Waals surface area contributed by atoms with Crippen LogP contribution >= 0.6 is 0 Å². The minimum atomic E-state index is 0.202. The zero-order chi connectivity index (χ0) is 14.8. The molecule has 2 N–H and O–H groups in total. The van der Waals surface area contributed by atoms with Crippen LogP contribution in [-0.4, -0.2) is 30.0 Å². The Bertz CT molecular complexity index is 566. The summed E-state index contributed by atoms with van der Waals surface area (Å²) in [6, 6.07) is 10.6. The predicted octanol–water partition coefficient (Wildman–Crippen LogP) is 3.21. The van der Waals surface area contributed by atoms with Crippen LogP contribution in [0.1, 0.15) is 32.4 Å². The first-order valence-electron chi connectivity index (χ1n) is 7.16. The molecule has 3 nitrogen and oxygen atoms in total. The van der Waals surface area contributed by atoms with Gasteiger partial charge in [0.1, 0.15) is 0 Å². The number of aromatic nitrogens is 1. The van der Waals surface area contributed by atoms with Gasteiger partial charge in [-0.2, -0.15) is 0 Å². The molecule has 0 aliphatic heterocycles. The molecule has 1 aromatic heterocycles. The van der Waals surface area contributed by atoms with Gasteiger partial charge in [0.2, 0.25) is 0 Å². The van der Waals surface area contributed by atoms with Gasteiger partial charge >= 0.3 is 0 Å². The van der Waals surface area contributed by atoms with Crippen LogP contribution in [0.4, 0.5) is 0 Å². The highest BCUT2D eigenvalue weighted by Crippen LogP contribution is 2.27. The van der Waals surface area contributed by atoms with Crippen LogP contribution in [0.15, 0.2) is 36.5 Å². The number of hydrogen-bond donors (Lipinski definition) is 1. The van der Waals surface area contributed by atoms with Gasteiger partial charge in [-0.15, -0.1) is 0 Å². The van der Waals surface area contributed by atoms with Crippen molar-refractivity contribution in [2.45, 2.75) is 26.8 Å². The van der Waals surface area contributed by atoms with Crippen LogP contribution in [0.25, 0.3) is 10.9 Å². The SMILES string of the molecule is CN(CC(C)(C)C)C(CN)c1cccc2cccnc12. The smallest absolute Gasteiger partial charge is 0.0750 e. The molecule has 0 saturated heterocycles. The Morgan fingerprint density at radius 3 is 2.55 bits per heavy atom. The summed E-state index contributed by atoms with van der Waals surface area (Å²) in [7, 11) is 2.14. The van der Waals surface area contributed by atoms with E-state index in [0.717, 1.165) is 12.1 Å². The summed E-state index contributed by atoms with van der Waals surface area (Å²) in [5.74, 6) is 0. The molecule has 1 heterocycles. The summed E-state index contributed by atoms with van der Waals surface area (Å²) < 4.78 is 0. The van der Waals surface area contributed by atoms with Gasteiger partial charge in [0.15, 0.2) is 0 Å². The van der Waals surface area contributed by atoms with E-state index in [1.54, 1.807) is 0 Å². The van der Waals surface area contributed by atoms with E-state index in [-0.39, 0.29) is 11.5 Å². The Morgan fingerprint density at radius 1 is 1.20 bits per heavy atom. The van der Waals surface area contributed by atoms with Gasteiger partial charge in [0, 0.05) is 30.7 Å². The van der Waals surface area contributed by atoms with Gasteiger partial charge in [-0.1, -0.05) is 45.0 Å². The van der Waals surface area contributed by atoms with Crippen molar-refractivity contribution < 1.29 is 0 Å². The predicted molar refractivity (Wildman–Crippen MR) is 85.6 cm³/mol. The van der Waals surface area contributed by atoms with E-state index >= 15 is 0 Å². The Kier molecular flexibility index (Phi) is 4.41. The third-order valence-electron chi connectivity index (χ3n) is 3.50. The number of rotatable bonds is 4. The van der Waals surface area contributed by atoms with E-state index in [1.165, 1.54) is 10.9 Å². The molecular formula is C17H25N3. The van der Waals surface area contributed by atoms with Crippen molar-refractivity contribution in [1.82, 2.24) is 9.88 Å². The van der Waals surface area contributed by atoms with Gasteiger partial charge in [0.25, 0.3) is 0 Å². The van der Waals surface area contributed by atoms with Crippen molar-refractivity contribution in [2.24, 2.45) is 11.1 Å². The second kappa shape index (κ2) is 5.90. The van der Waals surface area contributed by atoms with Gasteiger partial charge < -0.3 is 5.73 Å². The van der Waals surface area contributed by atoms with E-state index in [4.69, 9.17) is 5.73 Å². The maximum Gasteiger partial charge on any atom is 0.0750 e. The molecule has 0 radical (unpaired) electrons. The third-order valence-corrected chi connectivity index (χ3v) is 3.50. The number of benzene rings is 1. The Morgan fingerprint density at radius 2 is 1.90 bits per heavy atom. The standard InChI is InChI=1S/C17H25N3/c1-17(2,3)12-20(4)15(11-18)14-9-5-7-13-8-6-10-19-16(13)14/h5-10,15H,11-12,18H2,1-4H3. The summed E-state index contributed by atoms with van der Waals surface area (Å²) in [5.41, 5.74) is 8.58. The molecule has 1 atom stereocenters. The van der Waals surface area contributed by atoms with E-state index in [2.05, 4.69) is 62.0 Å². The molecule has 0 aliphatic carbocycles. The van der Waals surface area contributed by atoms with Crippen LogP contribution in [0, 0.1) is 5.41 Å². The fourth-order valence-electron chi connectivity index (χ4n) is 2.80. The highest BCUT2D eigenvalue weighted by Gasteiger charge is 2.22. The third kappa shape index (κ3) is 3.35. The highest BCUT2D eigenvalue weighted by atomic mass is 15.1. The molecule has 0 amide bonds. The molecule has 0 saturated carbocycles. The van der Waals surface area contributed by atoms with Crippen molar-refractivity contribution >= 4 is 10.9 Å². The lowest BCUT2D eigenvalue weighted by atomic mass is 9.94. The van der Waals surface area contributed by atoms with E-state index < -0.39 is 0 Å². The molecule has 0 bridgehead atoms. The average Bonchev–Trinajstić information content (AvgIpc) is 2.38. The number of para-hydroxylation sites is 1. The van der Waals surface area contributed by atoms with Crippen LogP contribution < -0.4 is 5.73 Å². The highest BCUT2D eigenvalue weighted by molar-refractivity contribution is 5.82. The Balaban J connectivity index is 2.39. The first-order valence-corrected chi connectivity index (χ1v) is 7.16. The molecule has 108 valence electrons. The number of nitrogens with two attached hydrogens (primary N) is 1. The van der Waals surface area contributed by atoms with Gasteiger partial charge in [0.05, 0.1) is 5.52 Å². The lowest BCUT2D eigenvalue weighted by molar-refractivity contribution is 0.176. The monoisotopic (exact) mass is 271 g/mol. The normalized spacial score (nSPS) is 13.9. The van der Waals surface area contributed by atoms with Crippen LogP contribution in [0.2, 0.25) is 0 Å². The Labute approximate surface area is 121 Å². The number of nitrogens with zero attached hydrogens (tertiary/aromatic N) is 2. The second-order valence-corrected chi connectivity index (χ2v) is 6.65. The van der Waals surface area contributed by atoms with Crippen LogP contribution in [-0.2, 0) is 0 Å². The summed E-state index contributed by atoms with van der Waals surface area (Å²) >= 11 is 0. The average molecular weight is 271 g/mol. The molecule has 0 fully saturated rings. The zero-order valence-electron chi connectivity index (χ0n) is 12.9. The van der Waals surface area contributed by atoms with Gasteiger partial charge in [-0.25, -0.2) is 0 Å².